The van der Waals surface area contributed by atoms with Crippen molar-refractivity contribution in [2.24, 2.45) is 0 Å². The molecule has 0 spiro atoms. The first-order chi connectivity index (χ1) is 8.83. The van der Waals surface area contributed by atoms with Gasteiger partial charge in [0.2, 0.25) is 0 Å². The first kappa shape index (κ1) is 15.5. The Bertz CT molecular complexity index is 451. The molecule has 4 nitrogen and oxygen atoms in total. The number of benzene rings is 1. The van der Waals surface area contributed by atoms with Gasteiger partial charge in [-0.25, -0.2) is 4.79 Å². The third-order valence-corrected chi connectivity index (χ3v) is 3.50. The molecular weight excluding hydrogens is 244 g/mol. The second-order valence-corrected chi connectivity index (χ2v) is 5.17. The summed E-state index contributed by atoms with van der Waals surface area (Å²) >= 11 is 0. The van der Waals surface area contributed by atoms with Gasteiger partial charge in [0.15, 0.2) is 6.10 Å². The minimum atomic E-state index is -1.45. The number of ether oxygens (including phenoxy) is 1. The van der Waals surface area contributed by atoms with Gasteiger partial charge in [-0.15, -0.1) is 0 Å². The van der Waals surface area contributed by atoms with Gasteiger partial charge in [0.05, 0.1) is 6.61 Å². The maximum atomic E-state index is 11.5. The number of esters is 1. The molecule has 1 aromatic carbocycles. The highest BCUT2D eigenvalue weighted by molar-refractivity contribution is 5.77. The Morgan fingerprint density at radius 1 is 1.37 bits per heavy atom. The Labute approximate surface area is 114 Å². The summed E-state index contributed by atoms with van der Waals surface area (Å²) in [6, 6.07) is 4.98. The maximum absolute atomic E-state index is 11.5. The van der Waals surface area contributed by atoms with Crippen LogP contribution in [0.4, 0.5) is 0 Å². The van der Waals surface area contributed by atoms with Crippen molar-refractivity contribution >= 4 is 5.97 Å². The van der Waals surface area contributed by atoms with Crippen molar-refractivity contribution in [3.63, 3.8) is 0 Å². The Kier molecular flexibility index (Phi) is 4.95. The van der Waals surface area contributed by atoms with Crippen LogP contribution < -0.4 is 0 Å². The van der Waals surface area contributed by atoms with Gasteiger partial charge < -0.3 is 14.9 Å². The lowest BCUT2D eigenvalue weighted by Crippen LogP contribution is -2.19. The molecule has 1 atom stereocenters. The zero-order valence-corrected chi connectivity index (χ0v) is 11.9. The van der Waals surface area contributed by atoms with E-state index in [1.165, 1.54) is 6.07 Å². The zero-order chi connectivity index (χ0) is 14.6. The van der Waals surface area contributed by atoms with Crippen LogP contribution in [0, 0.1) is 0 Å². The maximum Gasteiger partial charge on any atom is 0.339 e. The molecule has 19 heavy (non-hydrogen) atoms. The van der Waals surface area contributed by atoms with E-state index >= 15 is 0 Å². The van der Waals surface area contributed by atoms with Crippen LogP contribution in [-0.4, -0.2) is 22.8 Å². The molecule has 0 aliphatic rings. The molecule has 0 saturated heterocycles. The first-order valence-electron chi connectivity index (χ1n) is 6.51. The highest BCUT2D eigenvalue weighted by Crippen LogP contribution is 2.33. The smallest absolute Gasteiger partial charge is 0.339 e. The Morgan fingerprint density at radius 3 is 2.53 bits per heavy atom. The van der Waals surface area contributed by atoms with E-state index < -0.39 is 12.1 Å². The van der Waals surface area contributed by atoms with Gasteiger partial charge in [-0.1, -0.05) is 26.8 Å². The highest BCUT2D eigenvalue weighted by Gasteiger charge is 2.25. The van der Waals surface area contributed by atoms with Crippen LogP contribution in [0.15, 0.2) is 18.2 Å². The van der Waals surface area contributed by atoms with Crippen molar-refractivity contribution in [2.45, 2.75) is 45.6 Å². The standard InChI is InChI=1S/C15H22O4/c1-5-15(3,4)10-7-8-12(16)11(9-10)13(17)14(18)19-6-2/h7-9,13,16-17H,5-6H2,1-4H3. The van der Waals surface area contributed by atoms with Crippen LogP contribution in [0.3, 0.4) is 0 Å². The number of aromatic hydroxyl groups is 1. The van der Waals surface area contributed by atoms with Crippen molar-refractivity contribution in [1.29, 1.82) is 0 Å². The summed E-state index contributed by atoms with van der Waals surface area (Å²) in [4.78, 5) is 11.5. The third kappa shape index (κ3) is 3.47. The van der Waals surface area contributed by atoms with Crippen LogP contribution in [0.2, 0.25) is 0 Å². The lowest BCUT2D eigenvalue weighted by molar-refractivity contribution is -0.153. The van der Waals surface area contributed by atoms with Crippen molar-refractivity contribution in [3.8, 4) is 5.75 Å². The minimum Gasteiger partial charge on any atom is -0.508 e. The number of hydrogen-bond acceptors (Lipinski definition) is 4. The van der Waals surface area contributed by atoms with Crippen LogP contribution in [0.5, 0.6) is 5.75 Å². The fourth-order valence-electron chi connectivity index (χ4n) is 1.75. The van der Waals surface area contributed by atoms with Crippen LogP contribution in [0.1, 0.15) is 51.3 Å². The van der Waals surface area contributed by atoms with E-state index in [1.807, 2.05) is 0 Å². The van der Waals surface area contributed by atoms with Crippen molar-refractivity contribution < 1.29 is 19.7 Å². The molecular formula is C15H22O4. The fourth-order valence-corrected chi connectivity index (χ4v) is 1.75. The summed E-state index contributed by atoms with van der Waals surface area (Å²) in [5.74, 6) is -0.847. The first-order valence-corrected chi connectivity index (χ1v) is 6.51. The normalized spacial score (nSPS) is 13.1. The van der Waals surface area contributed by atoms with E-state index in [-0.39, 0.29) is 23.3 Å². The minimum absolute atomic E-state index is 0.0865. The number of hydrogen-bond donors (Lipinski definition) is 2. The van der Waals surface area contributed by atoms with Crippen molar-refractivity contribution in [2.75, 3.05) is 6.61 Å². The molecule has 4 heteroatoms. The van der Waals surface area contributed by atoms with E-state index in [1.54, 1.807) is 19.1 Å². The van der Waals surface area contributed by atoms with Gasteiger partial charge in [0.25, 0.3) is 0 Å². The Balaban J connectivity index is 3.14. The molecule has 2 N–H and O–H groups in total. The molecule has 0 bridgehead atoms. The Morgan fingerprint density at radius 2 is 2.00 bits per heavy atom. The molecule has 1 unspecified atom stereocenters. The molecule has 0 radical (unpaired) electrons. The third-order valence-electron chi connectivity index (χ3n) is 3.50. The second kappa shape index (κ2) is 6.06. The lowest BCUT2D eigenvalue weighted by Gasteiger charge is -2.24. The number of rotatable bonds is 5. The number of carbonyl (C=O) groups excluding carboxylic acids is 1. The summed E-state index contributed by atoms with van der Waals surface area (Å²) in [6.45, 7) is 8.06. The molecule has 0 heterocycles. The number of carbonyl (C=O) groups is 1. The van der Waals surface area contributed by atoms with Crippen molar-refractivity contribution in [1.82, 2.24) is 0 Å². The van der Waals surface area contributed by atoms with E-state index in [0.717, 1.165) is 12.0 Å². The predicted molar refractivity (Wildman–Crippen MR) is 73.0 cm³/mol. The average molecular weight is 266 g/mol. The van der Waals surface area contributed by atoms with E-state index in [2.05, 4.69) is 20.8 Å². The van der Waals surface area contributed by atoms with E-state index in [0.29, 0.717) is 0 Å². The number of phenolic OH excluding ortho intramolecular Hbond substituents is 1. The summed E-state index contributed by atoms with van der Waals surface area (Å²) in [5, 5.41) is 19.7. The number of aliphatic hydroxyl groups excluding tert-OH is 1. The fraction of sp³-hybridized carbons (Fsp3) is 0.533. The zero-order valence-electron chi connectivity index (χ0n) is 11.9. The van der Waals surface area contributed by atoms with Gasteiger partial charge in [-0.3, -0.25) is 0 Å². The van der Waals surface area contributed by atoms with Crippen LogP contribution in [0.25, 0.3) is 0 Å². The molecule has 0 fully saturated rings. The summed E-state index contributed by atoms with van der Waals surface area (Å²) < 4.78 is 4.76. The molecule has 0 amide bonds. The van der Waals surface area contributed by atoms with Gasteiger partial charge in [-0.05, 0) is 36.5 Å². The van der Waals surface area contributed by atoms with Crippen LogP contribution >= 0.6 is 0 Å². The SMILES string of the molecule is CCOC(=O)C(O)c1cc(C(C)(C)CC)ccc1O. The molecule has 1 rings (SSSR count). The highest BCUT2D eigenvalue weighted by atomic mass is 16.5. The quantitative estimate of drug-likeness (QED) is 0.804. The summed E-state index contributed by atoms with van der Waals surface area (Å²) in [5.41, 5.74) is 1.07. The van der Waals surface area contributed by atoms with Crippen LogP contribution in [-0.2, 0) is 14.9 Å². The van der Waals surface area contributed by atoms with Gasteiger partial charge in [-0.2, -0.15) is 0 Å². The van der Waals surface area contributed by atoms with E-state index in [9.17, 15) is 15.0 Å². The van der Waals surface area contributed by atoms with E-state index in [4.69, 9.17) is 4.74 Å². The van der Waals surface area contributed by atoms with Gasteiger partial charge in [0, 0.05) is 5.56 Å². The second-order valence-electron chi connectivity index (χ2n) is 5.17. The predicted octanol–water partition coefficient (Wildman–Crippen LogP) is 2.68. The Hall–Kier alpha value is -1.55. The average Bonchev–Trinajstić information content (AvgIpc) is 2.38. The monoisotopic (exact) mass is 266 g/mol. The number of aliphatic hydroxyl groups is 1. The summed E-state index contributed by atoms with van der Waals surface area (Å²) in [6.07, 6.45) is -0.542. The molecule has 0 aromatic heterocycles. The molecule has 1 aromatic rings. The lowest BCUT2D eigenvalue weighted by atomic mass is 9.81. The topological polar surface area (TPSA) is 66.8 Å². The van der Waals surface area contributed by atoms with Gasteiger partial charge in [0.1, 0.15) is 5.75 Å². The summed E-state index contributed by atoms with van der Waals surface area (Å²) in [7, 11) is 0. The molecule has 0 aliphatic heterocycles. The molecule has 106 valence electrons. The largest absolute Gasteiger partial charge is 0.508 e. The van der Waals surface area contributed by atoms with Gasteiger partial charge >= 0.3 is 5.97 Å². The number of phenols is 1. The molecule has 0 saturated carbocycles. The molecule has 0 aliphatic carbocycles. The van der Waals surface area contributed by atoms with Crippen molar-refractivity contribution in [3.05, 3.63) is 29.3 Å².